The molecule has 2 amide bonds. The Morgan fingerprint density at radius 3 is 2.58 bits per heavy atom. The third-order valence-corrected chi connectivity index (χ3v) is 5.52. The molecule has 0 radical (unpaired) electrons. The van der Waals surface area contributed by atoms with E-state index in [2.05, 4.69) is 5.32 Å². The van der Waals surface area contributed by atoms with Crippen LogP contribution in [-0.4, -0.2) is 46.4 Å². The standard InChI is InChI=1S/C20H24N2O4/c1-3-4-12-20(19(25)26)16-15(17(23)22(2)18(16)24)14(21-20)11-10-13-8-6-5-7-9-13/h5-11,14-16,21H,3-4,12H2,1-2H3,(H,25,26). The minimum Gasteiger partial charge on any atom is -0.480 e. The second-order valence-corrected chi connectivity index (χ2v) is 7.06. The first-order valence-electron chi connectivity index (χ1n) is 8.98. The van der Waals surface area contributed by atoms with E-state index in [-0.39, 0.29) is 5.91 Å². The van der Waals surface area contributed by atoms with Crippen LogP contribution in [0.3, 0.4) is 0 Å². The van der Waals surface area contributed by atoms with Crippen molar-refractivity contribution in [2.75, 3.05) is 7.05 Å². The van der Waals surface area contributed by atoms with Crippen molar-refractivity contribution in [3.8, 4) is 0 Å². The molecule has 2 aliphatic heterocycles. The van der Waals surface area contributed by atoms with Gasteiger partial charge in [-0.15, -0.1) is 0 Å². The van der Waals surface area contributed by atoms with E-state index >= 15 is 0 Å². The van der Waals surface area contributed by atoms with Gasteiger partial charge in [0.25, 0.3) is 0 Å². The number of carboxylic acid groups (broad SMARTS) is 1. The lowest BCUT2D eigenvalue weighted by Crippen LogP contribution is -2.56. The van der Waals surface area contributed by atoms with E-state index in [9.17, 15) is 19.5 Å². The number of hydrogen-bond acceptors (Lipinski definition) is 4. The molecule has 2 fully saturated rings. The summed E-state index contributed by atoms with van der Waals surface area (Å²) in [6.45, 7) is 1.97. The molecular formula is C20H24N2O4. The molecule has 4 unspecified atom stereocenters. The number of amides is 2. The lowest BCUT2D eigenvalue weighted by Gasteiger charge is -2.30. The highest BCUT2D eigenvalue weighted by molar-refractivity contribution is 6.09. The predicted molar refractivity (Wildman–Crippen MR) is 97.0 cm³/mol. The summed E-state index contributed by atoms with van der Waals surface area (Å²) in [4.78, 5) is 38.6. The number of fused-ring (bicyclic) bond motifs is 1. The van der Waals surface area contributed by atoms with Gasteiger partial charge >= 0.3 is 5.97 Å². The first-order valence-corrected chi connectivity index (χ1v) is 8.98. The summed E-state index contributed by atoms with van der Waals surface area (Å²) in [6, 6.07) is 9.09. The minimum atomic E-state index is -1.40. The number of carbonyl (C=O) groups excluding carboxylic acids is 2. The normalized spacial score (nSPS) is 31.0. The van der Waals surface area contributed by atoms with E-state index in [0.717, 1.165) is 16.9 Å². The van der Waals surface area contributed by atoms with Crippen LogP contribution in [0.2, 0.25) is 0 Å². The molecule has 2 N–H and O–H groups in total. The van der Waals surface area contributed by atoms with Crippen molar-refractivity contribution in [1.82, 2.24) is 10.2 Å². The molecule has 6 nitrogen and oxygen atoms in total. The van der Waals surface area contributed by atoms with E-state index < -0.39 is 35.3 Å². The van der Waals surface area contributed by atoms with Crippen molar-refractivity contribution in [3.05, 3.63) is 42.0 Å². The zero-order chi connectivity index (χ0) is 18.9. The first kappa shape index (κ1) is 18.3. The van der Waals surface area contributed by atoms with Crippen molar-refractivity contribution in [2.45, 2.75) is 37.8 Å². The highest BCUT2D eigenvalue weighted by atomic mass is 16.4. The van der Waals surface area contributed by atoms with Gasteiger partial charge in [-0.25, -0.2) is 0 Å². The number of carboxylic acids is 1. The second kappa shape index (κ2) is 7.03. The van der Waals surface area contributed by atoms with Gasteiger partial charge < -0.3 is 5.11 Å². The van der Waals surface area contributed by atoms with E-state index in [1.807, 2.05) is 49.4 Å². The number of hydrogen-bond donors (Lipinski definition) is 2. The number of likely N-dealkylation sites (tertiary alicyclic amines) is 1. The fraction of sp³-hybridized carbons (Fsp3) is 0.450. The Hall–Kier alpha value is -2.47. The molecule has 26 heavy (non-hydrogen) atoms. The van der Waals surface area contributed by atoms with Gasteiger partial charge in [0.05, 0.1) is 11.8 Å². The summed E-state index contributed by atoms with van der Waals surface area (Å²) in [6.07, 6.45) is 5.48. The summed E-state index contributed by atoms with van der Waals surface area (Å²) < 4.78 is 0. The third kappa shape index (κ3) is 2.84. The quantitative estimate of drug-likeness (QED) is 0.761. The smallest absolute Gasteiger partial charge is 0.324 e. The van der Waals surface area contributed by atoms with E-state index in [4.69, 9.17) is 0 Å². The molecule has 0 bridgehead atoms. The molecule has 1 aromatic rings. The number of imide groups is 1. The lowest BCUT2D eigenvalue weighted by atomic mass is 9.77. The summed E-state index contributed by atoms with van der Waals surface area (Å²) in [7, 11) is 1.44. The molecule has 2 aliphatic rings. The van der Waals surface area contributed by atoms with Crippen LogP contribution in [0, 0.1) is 11.8 Å². The summed E-state index contributed by atoms with van der Waals surface area (Å²) >= 11 is 0. The Bertz CT molecular complexity index is 745. The molecule has 0 saturated carbocycles. The maximum absolute atomic E-state index is 12.7. The fourth-order valence-electron chi connectivity index (χ4n) is 4.12. The lowest BCUT2D eigenvalue weighted by molar-refractivity contribution is -0.151. The zero-order valence-corrected chi connectivity index (χ0v) is 15.0. The van der Waals surface area contributed by atoms with Crippen LogP contribution in [-0.2, 0) is 14.4 Å². The van der Waals surface area contributed by atoms with Crippen LogP contribution < -0.4 is 5.32 Å². The van der Waals surface area contributed by atoms with Crippen LogP contribution in [0.25, 0.3) is 6.08 Å². The number of nitrogens with one attached hydrogen (secondary N) is 1. The van der Waals surface area contributed by atoms with Gasteiger partial charge in [-0.1, -0.05) is 62.2 Å². The van der Waals surface area contributed by atoms with E-state index in [1.165, 1.54) is 7.05 Å². The molecule has 2 heterocycles. The predicted octanol–water partition coefficient (Wildman–Crippen LogP) is 1.92. The molecule has 0 aromatic heterocycles. The van der Waals surface area contributed by atoms with Gasteiger partial charge in [0, 0.05) is 13.1 Å². The molecular weight excluding hydrogens is 332 g/mol. The minimum absolute atomic E-state index is 0.310. The fourth-order valence-corrected chi connectivity index (χ4v) is 4.12. The van der Waals surface area contributed by atoms with Crippen LogP contribution in [0.1, 0.15) is 31.7 Å². The average Bonchev–Trinajstić information content (AvgIpc) is 3.09. The second-order valence-electron chi connectivity index (χ2n) is 7.06. The van der Waals surface area contributed by atoms with Crippen molar-refractivity contribution < 1.29 is 19.5 Å². The summed E-state index contributed by atoms with van der Waals surface area (Å²) in [5.74, 6) is -3.32. The van der Waals surface area contributed by atoms with E-state index in [0.29, 0.717) is 12.8 Å². The maximum atomic E-state index is 12.7. The zero-order valence-electron chi connectivity index (χ0n) is 15.0. The number of carbonyl (C=O) groups is 3. The number of benzene rings is 1. The Morgan fingerprint density at radius 2 is 1.96 bits per heavy atom. The molecule has 0 spiro atoms. The van der Waals surface area contributed by atoms with Crippen molar-refractivity contribution in [1.29, 1.82) is 0 Å². The summed E-state index contributed by atoms with van der Waals surface area (Å²) in [5.41, 5.74) is -0.443. The molecule has 6 heteroatoms. The average molecular weight is 356 g/mol. The van der Waals surface area contributed by atoms with Gasteiger partial charge in [-0.05, 0) is 12.0 Å². The Kier molecular flexibility index (Phi) is 4.96. The Labute approximate surface area is 152 Å². The number of aliphatic carboxylic acids is 1. The SMILES string of the molecule is CCCCC1(C(=O)O)NC(C=Cc2ccccc2)C2C(=O)N(C)C(=O)C21. The monoisotopic (exact) mass is 356 g/mol. The topological polar surface area (TPSA) is 86.7 Å². The van der Waals surface area contributed by atoms with Gasteiger partial charge in [0.1, 0.15) is 5.54 Å². The van der Waals surface area contributed by atoms with Crippen LogP contribution in [0.15, 0.2) is 36.4 Å². The highest BCUT2D eigenvalue weighted by Crippen LogP contribution is 2.45. The highest BCUT2D eigenvalue weighted by Gasteiger charge is 2.66. The molecule has 4 atom stereocenters. The Morgan fingerprint density at radius 1 is 1.27 bits per heavy atom. The van der Waals surface area contributed by atoms with Crippen LogP contribution in [0.4, 0.5) is 0 Å². The summed E-state index contributed by atoms with van der Waals surface area (Å²) in [5, 5.41) is 13.1. The van der Waals surface area contributed by atoms with Crippen LogP contribution >= 0.6 is 0 Å². The number of nitrogens with zero attached hydrogens (tertiary/aromatic N) is 1. The molecule has 1 aromatic carbocycles. The van der Waals surface area contributed by atoms with E-state index in [1.54, 1.807) is 0 Å². The molecule has 2 saturated heterocycles. The van der Waals surface area contributed by atoms with Gasteiger partial charge in [-0.3, -0.25) is 24.6 Å². The number of rotatable bonds is 6. The van der Waals surface area contributed by atoms with Crippen LogP contribution in [0.5, 0.6) is 0 Å². The molecule has 0 aliphatic carbocycles. The third-order valence-electron chi connectivity index (χ3n) is 5.52. The van der Waals surface area contributed by atoms with Gasteiger partial charge in [0.15, 0.2) is 0 Å². The van der Waals surface area contributed by atoms with Crippen molar-refractivity contribution >= 4 is 23.9 Å². The first-order chi connectivity index (χ1) is 12.4. The molecule has 138 valence electrons. The van der Waals surface area contributed by atoms with Gasteiger partial charge in [0.2, 0.25) is 11.8 Å². The maximum Gasteiger partial charge on any atom is 0.324 e. The van der Waals surface area contributed by atoms with Crippen molar-refractivity contribution in [3.63, 3.8) is 0 Å². The Balaban J connectivity index is 1.99. The van der Waals surface area contributed by atoms with Crippen molar-refractivity contribution in [2.24, 2.45) is 11.8 Å². The number of unbranched alkanes of at least 4 members (excludes halogenated alkanes) is 1. The van der Waals surface area contributed by atoms with Gasteiger partial charge in [-0.2, -0.15) is 0 Å². The molecule has 3 rings (SSSR count). The largest absolute Gasteiger partial charge is 0.480 e.